The lowest BCUT2D eigenvalue weighted by Gasteiger charge is -2.19. The van der Waals surface area contributed by atoms with Crippen LogP contribution in [0.2, 0.25) is 0 Å². The van der Waals surface area contributed by atoms with E-state index in [-0.39, 0.29) is 5.69 Å². The first-order chi connectivity index (χ1) is 16.2. The van der Waals surface area contributed by atoms with E-state index in [2.05, 4.69) is 5.10 Å². The van der Waals surface area contributed by atoms with Crippen LogP contribution in [0.5, 0.6) is 5.75 Å². The van der Waals surface area contributed by atoms with E-state index in [1.165, 1.54) is 6.07 Å². The van der Waals surface area contributed by atoms with Crippen molar-refractivity contribution >= 4 is 33.4 Å². The number of hydrogen-bond donors (Lipinski definition) is 1. The molecule has 3 aromatic carbocycles. The summed E-state index contributed by atoms with van der Waals surface area (Å²) in [4.78, 5) is 11.8. The molecule has 1 aromatic heterocycles. The molecule has 1 aliphatic rings. The normalized spacial score (nSPS) is 15.2. The van der Waals surface area contributed by atoms with Gasteiger partial charge in [0.2, 0.25) is 0 Å². The van der Waals surface area contributed by atoms with Gasteiger partial charge in [-0.05, 0) is 35.9 Å². The molecule has 0 saturated carbocycles. The molecular weight excluding hydrogens is 471 g/mol. The van der Waals surface area contributed by atoms with Gasteiger partial charge in [-0.1, -0.05) is 24.3 Å². The van der Waals surface area contributed by atoms with Crippen molar-refractivity contribution in [1.82, 2.24) is 9.78 Å². The molecule has 11 heteroatoms. The standard InChI is InChI=1S/C23H16F3N3O4S/c1-33-14-7-5-13(6-8-14)12-28-18-10-9-17(15-3-2-4-19(20(15)18)34(28)32)29-21(23(24,25)26)16(11-27-29)22(30)31/h2-11H,12H2,1H3,(H,30,31). The molecule has 0 spiro atoms. The predicted octanol–water partition coefficient (Wildman–Crippen LogP) is 4.79. The summed E-state index contributed by atoms with van der Waals surface area (Å²) < 4.78 is 62.1. The van der Waals surface area contributed by atoms with Crippen molar-refractivity contribution in [1.29, 1.82) is 0 Å². The van der Waals surface area contributed by atoms with Crippen LogP contribution in [0, 0.1) is 0 Å². The molecule has 1 aliphatic heterocycles. The van der Waals surface area contributed by atoms with E-state index in [1.54, 1.807) is 47.8 Å². The SMILES string of the molecule is COc1ccc(CN2c3ccc(-n4ncc(C(=O)O)c4C(F)(F)F)c4cccc(c34)S2=O)cc1. The Morgan fingerprint density at radius 2 is 1.79 bits per heavy atom. The summed E-state index contributed by atoms with van der Waals surface area (Å²) in [5.41, 5.74) is -0.807. The van der Waals surface area contributed by atoms with E-state index >= 15 is 0 Å². The molecule has 7 nitrogen and oxygen atoms in total. The number of carboxylic acids is 1. The van der Waals surface area contributed by atoms with Gasteiger partial charge in [0.15, 0.2) is 16.7 Å². The molecule has 5 rings (SSSR count). The van der Waals surface area contributed by atoms with Crippen molar-refractivity contribution in [3.05, 3.63) is 77.6 Å². The fourth-order valence-corrected chi connectivity index (χ4v) is 5.51. The smallest absolute Gasteiger partial charge is 0.434 e. The van der Waals surface area contributed by atoms with Gasteiger partial charge in [-0.2, -0.15) is 18.3 Å². The lowest BCUT2D eigenvalue weighted by molar-refractivity contribution is -0.143. The summed E-state index contributed by atoms with van der Waals surface area (Å²) in [6.45, 7) is 0.304. The van der Waals surface area contributed by atoms with Gasteiger partial charge in [0.05, 0.1) is 36.1 Å². The van der Waals surface area contributed by atoms with Crippen molar-refractivity contribution in [2.24, 2.45) is 0 Å². The van der Waals surface area contributed by atoms with Gasteiger partial charge < -0.3 is 9.84 Å². The molecule has 1 N–H and O–H groups in total. The maximum Gasteiger partial charge on any atom is 0.434 e. The number of aromatic nitrogens is 2. The minimum Gasteiger partial charge on any atom is -0.497 e. The molecule has 1 unspecified atom stereocenters. The molecule has 0 fully saturated rings. The van der Waals surface area contributed by atoms with E-state index in [0.29, 0.717) is 44.5 Å². The zero-order valence-corrected chi connectivity index (χ0v) is 18.4. The van der Waals surface area contributed by atoms with Gasteiger partial charge in [-0.15, -0.1) is 0 Å². The monoisotopic (exact) mass is 487 g/mol. The maximum absolute atomic E-state index is 13.8. The van der Waals surface area contributed by atoms with Crippen LogP contribution in [0.1, 0.15) is 21.6 Å². The second kappa shape index (κ2) is 7.87. The zero-order valence-electron chi connectivity index (χ0n) is 17.5. The molecule has 0 radical (unpaired) electrons. The van der Waals surface area contributed by atoms with E-state index in [9.17, 15) is 27.3 Å². The highest BCUT2D eigenvalue weighted by Gasteiger charge is 2.41. The van der Waals surface area contributed by atoms with Crippen molar-refractivity contribution < 1.29 is 32.0 Å². The molecule has 0 aliphatic carbocycles. The Balaban J connectivity index is 1.65. The first-order valence-corrected chi connectivity index (χ1v) is 11.1. The third-order valence-corrected chi connectivity index (χ3v) is 7.04. The minimum atomic E-state index is -4.95. The van der Waals surface area contributed by atoms with Gasteiger partial charge in [0.25, 0.3) is 0 Å². The fourth-order valence-electron chi connectivity index (χ4n) is 4.09. The number of anilines is 1. The van der Waals surface area contributed by atoms with Gasteiger partial charge in [-0.3, -0.25) is 4.31 Å². The Labute approximate surface area is 193 Å². The Morgan fingerprint density at radius 3 is 2.44 bits per heavy atom. The second-order valence-electron chi connectivity index (χ2n) is 7.54. The van der Waals surface area contributed by atoms with E-state index in [4.69, 9.17) is 4.74 Å². The lowest BCUT2D eigenvalue weighted by atomic mass is 10.1. The minimum absolute atomic E-state index is 0.0451. The average Bonchev–Trinajstić information content (AvgIpc) is 3.37. The highest BCUT2D eigenvalue weighted by atomic mass is 32.2. The number of ether oxygens (including phenoxy) is 1. The van der Waals surface area contributed by atoms with Crippen LogP contribution in [0.25, 0.3) is 16.5 Å². The first kappa shape index (κ1) is 22.0. The number of carbonyl (C=O) groups is 1. The quantitative estimate of drug-likeness (QED) is 0.438. The topological polar surface area (TPSA) is 84.7 Å². The third-order valence-electron chi connectivity index (χ3n) is 5.60. The summed E-state index contributed by atoms with van der Waals surface area (Å²) in [6.07, 6.45) is -4.27. The van der Waals surface area contributed by atoms with E-state index < -0.39 is 34.4 Å². The molecule has 174 valence electrons. The van der Waals surface area contributed by atoms with Crippen LogP contribution >= 0.6 is 0 Å². The van der Waals surface area contributed by atoms with Crippen molar-refractivity contribution in [2.45, 2.75) is 17.6 Å². The number of rotatable bonds is 5. The average molecular weight is 487 g/mol. The number of halogens is 3. The molecular formula is C23H16F3N3O4S. The van der Waals surface area contributed by atoms with Gasteiger partial charge in [0.1, 0.15) is 11.3 Å². The Bertz CT molecular complexity index is 1470. The zero-order chi connectivity index (χ0) is 24.2. The number of methoxy groups -OCH3 is 1. The van der Waals surface area contributed by atoms with Crippen LogP contribution in [0.15, 0.2) is 65.7 Å². The predicted molar refractivity (Wildman–Crippen MR) is 119 cm³/mol. The molecule has 0 amide bonds. The molecule has 0 bridgehead atoms. The molecule has 2 heterocycles. The van der Waals surface area contributed by atoms with E-state index in [0.717, 1.165) is 5.56 Å². The highest BCUT2D eigenvalue weighted by molar-refractivity contribution is 7.87. The molecule has 34 heavy (non-hydrogen) atoms. The lowest BCUT2D eigenvalue weighted by Crippen LogP contribution is -2.21. The second-order valence-corrected chi connectivity index (χ2v) is 8.92. The maximum atomic E-state index is 13.8. The van der Waals surface area contributed by atoms with Crippen LogP contribution in [0.3, 0.4) is 0 Å². The van der Waals surface area contributed by atoms with Crippen LogP contribution in [-0.2, 0) is 23.7 Å². The Morgan fingerprint density at radius 1 is 1.09 bits per heavy atom. The van der Waals surface area contributed by atoms with Gasteiger partial charge in [0, 0.05) is 10.8 Å². The summed E-state index contributed by atoms with van der Waals surface area (Å²) in [5, 5.41) is 13.9. The number of hydrogen-bond acceptors (Lipinski definition) is 4. The number of benzene rings is 3. The van der Waals surface area contributed by atoms with Crippen molar-refractivity contribution in [3.63, 3.8) is 0 Å². The molecule has 1 atom stereocenters. The Hall–Kier alpha value is -3.86. The number of aromatic carboxylic acids is 1. The van der Waals surface area contributed by atoms with Crippen LogP contribution in [0.4, 0.5) is 18.9 Å². The largest absolute Gasteiger partial charge is 0.497 e. The van der Waals surface area contributed by atoms with Crippen LogP contribution < -0.4 is 9.04 Å². The summed E-state index contributed by atoms with van der Waals surface area (Å²) in [6, 6.07) is 15.2. The van der Waals surface area contributed by atoms with Crippen LogP contribution in [-0.4, -0.2) is 32.2 Å². The van der Waals surface area contributed by atoms with Gasteiger partial charge in [-0.25, -0.2) is 13.7 Å². The summed E-state index contributed by atoms with van der Waals surface area (Å²) >= 11 is 0. The molecule has 4 aromatic rings. The number of carboxylic acid groups (broad SMARTS) is 1. The Kier molecular flexibility index (Phi) is 5.08. The first-order valence-electron chi connectivity index (χ1n) is 9.97. The van der Waals surface area contributed by atoms with Crippen molar-refractivity contribution in [3.8, 4) is 11.4 Å². The third kappa shape index (κ3) is 3.39. The number of nitrogens with zero attached hydrogens (tertiary/aromatic N) is 3. The van der Waals surface area contributed by atoms with Crippen molar-refractivity contribution in [2.75, 3.05) is 11.4 Å². The summed E-state index contributed by atoms with van der Waals surface area (Å²) in [5.74, 6) is -1.04. The highest BCUT2D eigenvalue weighted by Crippen LogP contribution is 2.44. The fraction of sp³-hybridized carbons (Fsp3) is 0.130. The number of alkyl halides is 3. The van der Waals surface area contributed by atoms with E-state index in [1.807, 2.05) is 12.1 Å². The summed E-state index contributed by atoms with van der Waals surface area (Å²) in [7, 11) is -0.0266. The van der Waals surface area contributed by atoms with Gasteiger partial charge >= 0.3 is 12.1 Å². The molecule has 0 saturated heterocycles.